The van der Waals surface area contributed by atoms with E-state index >= 15 is 0 Å². The molecule has 1 amide bonds. The van der Waals surface area contributed by atoms with Crippen LogP contribution in [0.2, 0.25) is 0 Å². The van der Waals surface area contributed by atoms with E-state index in [1.165, 1.54) is 22.5 Å². The number of halogens is 2. The molecule has 168 valence electrons. The van der Waals surface area contributed by atoms with Crippen LogP contribution in [-0.2, 0) is 12.3 Å². The van der Waals surface area contributed by atoms with Crippen molar-refractivity contribution in [2.24, 2.45) is 0 Å². The van der Waals surface area contributed by atoms with Crippen molar-refractivity contribution in [2.45, 2.75) is 17.5 Å². The molecule has 11 heteroatoms. The highest BCUT2D eigenvalue weighted by Gasteiger charge is 2.22. The average Bonchev–Trinajstić information content (AvgIpc) is 3.27. The monoisotopic (exact) mass is 468 g/mol. The third-order valence-corrected chi connectivity index (χ3v) is 5.55. The number of benzene rings is 2. The van der Waals surface area contributed by atoms with Crippen LogP contribution in [0.4, 0.5) is 8.78 Å². The molecule has 8 nitrogen and oxygen atoms in total. The van der Waals surface area contributed by atoms with Crippen molar-refractivity contribution in [1.82, 2.24) is 30.3 Å². The predicted molar refractivity (Wildman–Crippen MR) is 117 cm³/mol. The van der Waals surface area contributed by atoms with Crippen molar-refractivity contribution < 1.29 is 18.3 Å². The van der Waals surface area contributed by atoms with Crippen molar-refractivity contribution in [3.8, 4) is 11.4 Å². The molecule has 0 saturated heterocycles. The fourth-order valence-electron chi connectivity index (χ4n) is 2.98. The lowest BCUT2D eigenvalue weighted by molar-refractivity contribution is 0.0944. The van der Waals surface area contributed by atoms with Gasteiger partial charge in [0, 0.05) is 30.3 Å². The summed E-state index contributed by atoms with van der Waals surface area (Å²) in [6.07, 6.45) is 3.23. The largest absolute Gasteiger partial charge is 0.497 e. The van der Waals surface area contributed by atoms with Crippen molar-refractivity contribution in [3.63, 3.8) is 0 Å². The van der Waals surface area contributed by atoms with Gasteiger partial charge in [0.2, 0.25) is 0 Å². The molecule has 0 aliphatic rings. The van der Waals surface area contributed by atoms with Crippen molar-refractivity contribution in [3.05, 3.63) is 89.5 Å². The molecule has 33 heavy (non-hydrogen) atoms. The minimum absolute atomic E-state index is 0.0333. The Morgan fingerprint density at radius 2 is 1.76 bits per heavy atom. The van der Waals surface area contributed by atoms with Gasteiger partial charge in [-0.1, -0.05) is 23.0 Å². The van der Waals surface area contributed by atoms with Crippen LogP contribution in [0.15, 0.2) is 66.1 Å². The van der Waals surface area contributed by atoms with Crippen LogP contribution in [0.1, 0.15) is 21.7 Å². The number of nitrogens with zero attached hydrogens (tertiary/aromatic N) is 5. The number of rotatable bonds is 8. The number of ether oxygens (including phenoxy) is 1. The lowest BCUT2D eigenvalue weighted by Gasteiger charge is -2.09. The SMILES string of the molecule is COc1ccc(-n2nnc(C(=O)NCc3c(F)cccc3F)c2CSc2ncccn2)cc1. The van der Waals surface area contributed by atoms with E-state index in [9.17, 15) is 13.6 Å². The summed E-state index contributed by atoms with van der Waals surface area (Å²) in [5.74, 6) is -1.15. The second-order valence-electron chi connectivity index (χ2n) is 6.70. The van der Waals surface area contributed by atoms with Crippen molar-refractivity contribution in [1.29, 1.82) is 0 Å². The predicted octanol–water partition coefficient (Wildman–Crippen LogP) is 3.57. The van der Waals surface area contributed by atoms with Crippen LogP contribution in [0.3, 0.4) is 0 Å². The van der Waals surface area contributed by atoms with Gasteiger partial charge in [-0.2, -0.15) is 0 Å². The molecule has 1 N–H and O–H groups in total. The number of carbonyl (C=O) groups is 1. The maximum Gasteiger partial charge on any atom is 0.274 e. The summed E-state index contributed by atoms with van der Waals surface area (Å²) in [6, 6.07) is 12.3. The highest BCUT2D eigenvalue weighted by molar-refractivity contribution is 7.98. The van der Waals surface area contributed by atoms with Crippen LogP contribution in [0.25, 0.3) is 5.69 Å². The van der Waals surface area contributed by atoms with E-state index in [1.54, 1.807) is 49.8 Å². The topological polar surface area (TPSA) is 94.8 Å². The first-order valence-electron chi connectivity index (χ1n) is 9.76. The summed E-state index contributed by atoms with van der Waals surface area (Å²) in [6.45, 7) is -0.332. The zero-order valence-electron chi connectivity index (χ0n) is 17.4. The third kappa shape index (κ3) is 5.14. The van der Waals surface area contributed by atoms with Gasteiger partial charge in [-0.25, -0.2) is 23.4 Å². The van der Waals surface area contributed by atoms with Gasteiger partial charge in [0.25, 0.3) is 5.91 Å². The summed E-state index contributed by atoms with van der Waals surface area (Å²) in [4.78, 5) is 21.2. The molecule has 0 spiro atoms. The summed E-state index contributed by atoms with van der Waals surface area (Å²) in [7, 11) is 1.56. The van der Waals surface area contributed by atoms with Crippen LogP contribution in [-0.4, -0.2) is 38.0 Å². The zero-order chi connectivity index (χ0) is 23.2. The molecule has 4 rings (SSSR count). The van der Waals surface area contributed by atoms with Crippen LogP contribution in [0, 0.1) is 11.6 Å². The third-order valence-electron chi connectivity index (χ3n) is 4.66. The molecule has 0 unspecified atom stereocenters. The van der Waals surface area contributed by atoms with E-state index in [2.05, 4.69) is 25.6 Å². The maximum atomic E-state index is 13.9. The summed E-state index contributed by atoms with van der Waals surface area (Å²) in [5, 5.41) is 11.2. The average molecular weight is 468 g/mol. The Morgan fingerprint density at radius 3 is 2.42 bits per heavy atom. The first kappa shape index (κ1) is 22.3. The Kier molecular flexibility index (Phi) is 6.89. The summed E-state index contributed by atoms with van der Waals surface area (Å²) >= 11 is 1.30. The van der Waals surface area contributed by atoms with E-state index < -0.39 is 17.5 Å². The van der Waals surface area contributed by atoms with Gasteiger partial charge in [0.15, 0.2) is 10.9 Å². The van der Waals surface area contributed by atoms with E-state index in [1.807, 2.05) is 0 Å². The lowest BCUT2D eigenvalue weighted by atomic mass is 10.2. The van der Waals surface area contributed by atoms with Gasteiger partial charge >= 0.3 is 0 Å². The number of methoxy groups -OCH3 is 1. The van der Waals surface area contributed by atoms with Gasteiger partial charge in [0.1, 0.15) is 17.4 Å². The molecular weight excluding hydrogens is 450 g/mol. The fourth-order valence-corrected chi connectivity index (χ4v) is 3.78. The molecule has 0 bridgehead atoms. The number of thioether (sulfide) groups is 1. The second kappa shape index (κ2) is 10.2. The Labute approximate surface area is 192 Å². The van der Waals surface area contributed by atoms with Gasteiger partial charge in [-0.15, -0.1) is 5.10 Å². The molecule has 2 aromatic carbocycles. The number of amides is 1. The normalized spacial score (nSPS) is 10.8. The summed E-state index contributed by atoms with van der Waals surface area (Å²) < 4.78 is 34.6. The Hall–Kier alpha value is -3.86. The number of aromatic nitrogens is 5. The molecule has 0 atom stereocenters. The Bertz CT molecular complexity index is 1230. The highest BCUT2D eigenvalue weighted by Crippen LogP contribution is 2.24. The molecule has 0 aliphatic heterocycles. The van der Waals surface area contributed by atoms with Crippen LogP contribution in [0.5, 0.6) is 5.75 Å². The molecule has 0 aliphatic carbocycles. The number of hydrogen-bond acceptors (Lipinski definition) is 7. The van der Waals surface area contributed by atoms with E-state index in [0.29, 0.717) is 22.3 Å². The second-order valence-corrected chi connectivity index (χ2v) is 7.64. The molecule has 2 heterocycles. The maximum absolute atomic E-state index is 13.9. The highest BCUT2D eigenvalue weighted by atomic mass is 32.2. The molecule has 0 radical (unpaired) electrons. The lowest BCUT2D eigenvalue weighted by Crippen LogP contribution is -2.25. The van der Waals surface area contributed by atoms with E-state index in [4.69, 9.17) is 4.74 Å². The molecule has 0 fully saturated rings. The first-order chi connectivity index (χ1) is 16.1. The molecule has 0 saturated carbocycles. The van der Waals surface area contributed by atoms with Gasteiger partial charge in [-0.05, 0) is 42.5 Å². The van der Waals surface area contributed by atoms with E-state index in [0.717, 1.165) is 12.1 Å². The van der Waals surface area contributed by atoms with E-state index in [-0.39, 0.29) is 23.6 Å². The fraction of sp³-hybridized carbons (Fsp3) is 0.136. The number of nitrogens with one attached hydrogen (secondary N) is 1. The molecular formula is C22H18F2N6O2S. The van der Waals surface area contributed by atoms with Crippen LogP contribution < -0.4 is 10.1 Å². The number of hydrogen-bond donors (Lipinski definition) is 1. The smallest absolute Gasteiger partial charge is 0.274 e. The van der Waals surface area contributed by atoms with Gasteiger partial charge in [0.05, 0.1) is 18.5 Å². The zero-order valence-corrected chi connectivity index (χ0v) is 18.2. The standard InChI is InChI=1S/C22H18F2N6O2S/c1-32-15-8-6-14(7-9-15)30-19(13-33-22-25-10-3-11-26-22)20(28-29-30)21(31)27-12-16-17(23)4-2-5-18(16)24/h2-11H,12-13H2,1H3,(H,27,31). The van der Waals surface area contributed by atoms with Gasteiger partial charge < -0.3 is 10.1 Å². The minimum atomic E-state index is -0.741. The van der Waals surface area contributed by atoms with Gasteiger partial charge in [-0.3, -0.25) is 4.79 Å². The molecule has 4 aromatic rings. The van der Waals surface area contributed by atoms with Crippen molar-refractivity contribution >= 4 is 17.7 Å². The minimum Gasteiger partial charge on any atom is -0.497 e. The molecule has 2 aromatic heterocycles. The van der Waals surface area contributed by atoms with Crippen LogP contribution >= 0.6 is 11.8 Å². The summed E-state index contributed by atoms with van der Waals surface area (Å²) in [5.41, 5.74) is 0.934. The first-order valence-corrected chi connectivity index (χ1v) is 10.8. The Balaban J connectivity index is 1.61. The quantitative estimate of drug-likeness (QED) is 0.312. The van der Waals surface area contributed by atoms with Crippen molar-refractivity contribution in [2.75, 3.05) is 7.11 Å². The number of carbonyl (C=O) groups excluding carboxylic acids is 1. The Morgan fingerprint density at radius 1 is 1.06 bits per heavy atom.